The highest BCUT2D eigenvalue weighted by Gasteiger charge is 2.11. The fraction of sp³-hybridized carbons (Fsp3) is 0.231. The summed E-state index contributed by atoms with van der Waals surface area (Å²) in [4.78, 5) is 22.5. The summed E-state index contributed by atoms with van der Waals surface area (Å²) in [5, 5.41) is 16.2. The number of methoxy groups -OCH3 is 1. The summed E-state index contributed by atoms with van der Waals surface area (Å²) < 4.78 is 5.87. The third-order valence-corrected chi connectivity index (χ3v) is 4.53. The number of amides is 3. The molecule has 0 bridgehead atoms. The second-order valence-electron chi connectivity index (χ2n) is 4.11. The van der Waals surface area contributed by atoms with Crippen LogP contribution in [0.3, 0.4) is 0 Å². The number of imide groups is 1. The zero-order chi connectivity index (χ0) is 16.7. The number of hydrogen-bond donors (Lipinski definition) is 3. The first-order chi connectivity index (χ1) is 11.1. The molecule has 3 N–H and O–H groups in total. The number of rotatable bonds is 6. The van der Waals surface area contributed by atoms with Crippen LogP contribution in [0.4, 0.5) is 15.6 Å². The Morgan fingerprint density at radius 2 is 2.09 bits per heavy atom. The van der Waals surface area contributed by atoms with Crippen molar-refractivity contribution in [2.24, 2.45) is 0 Å². The average Bonchev–Trinajstić information content (AvgIpc) is 3.01. The van der Waals surface area contributed by atoms with Gasteiger partial charge in [-0.05, 0) is 12.1 Å². The lowest BCUT2D eigenvalue weighted by molar-refractivity contribution is -0.117. The van der Waals surface area contributed by atoms with Gasteiger partial charge in [0.1, 0.15) is 5.75 Å². The Bertz CT molecular complexity index is 692. The summed E-state index contributed by atoms with van der Waals surface area (Å²) >= 11 is 2.51. The molecule has 2 aromatic rings. The van der Waals surface area contributed by atoms with Crippen LogP contribution in [0.25, 0.3) is 0 Å². The van der Waals surface area contributed by atoms with Crippen LogP contribution in [-0.4, -0.2) is 42.0 Å². The van der Waals surface area contributed by atoms with E-state index in [2.05, 4.69) is 26.1 Å². The maximum atomic E-state index is 11.5. The summed E-state index contributed by atoms with van der Waals surface area (Å²) in [6, 6.07) is 6.92. The van der Waals surface area contributed by atoms with Crippen LogP contribution < -0.4 is 20.7 Å². The SMILES string of the molecule is CNC(=O)NC(=O)CSc1nnc(Nc2ccccc2OC)s1. The van der Waals surface area contributed by atoms with Gasteiger partial charge in [-0.3, -0.25) is 10.1 Å². The van der Waals surface area contributed by atoms with E-state index in [4.69, 9.17) is 4.74 Å². The van der Waals surface area contributed by atoms with Crippen LogP contribution in [0.1, 0.15) is 0 Å². The number of para-hydroxylation sites is 2. The Labute approximate surface area is 141 Å². The highest BCUT2D eigenvalue weighted by molar-refractivity contribution is 8.01. The smallest absolute Gasteiger partial charge is 0.321 e. The number of carbonyl (C=O) groups excluding carboxylic acids is 2. The number of carbonyl (C=O) groups is 2. The number of aromatic nitrogens is 2. The maximum absolute atomic E-state index is 11.5. The van der Waals surface area contributed by atoms with Gasteiger partial charge in [-0.2, -0.15) is 0 Å². The minimum absolute atomic E-state index is 0.0801. The number of nitrogens with zero attached hydrogens (tertiary/aromatic N) is 2. The van der Waals surface area contributed by atoms with E-state index in [1.165, 1.54) is 30.1 Å². The van der Waals surface area contributed by atoms with Gasteiger partial charge in [0, 0.05) is 7.05 Å². The van der Waals surface area contributed by atoms with Gasteiger partial charge in [-0.1, -0.05) is 35.2 Å². The zero-order valence-electron chi connectivity index (χ0n) is 12.5. The van der Waals surface area contributed by atoms with Gasteiger partial charge in [0.2, 0.25) is 11.0 Å². The number of ether oxygens (including phenoxy) is 1. The summed E-state index contributed by atoms with van der Waals surface area (Å²) in [7, 11) is 3.03. The maximum Gasteiger partial charge on any atom is 0.321 e. The number of nitrogens with one attached hydrogen (secondary N) is 3. The van der Waals surface area contributed by atoms with E-state index < -0.39 is 11.9 Å². The summed E-state index contributed by atoms with van der Waals surface area (Å²) in [5.74, 6) is 0.377. The predicted molar refractivity (Wildman–Crippen MR) is 89.5 cm³/mol. The molecule has 0 saturated carbocycles. The van der Waals surface area contributed by atoms with Crippen molar-refractivity contribution in [1.82, 2.24) is 20.8 Å². The predicted octanol–water partition coefficient (Wildman–Crippen LogP) is 1.84. The Morgan fingerprint density at radius 1 is 1.30 bits per heavy atom. The number of hydrogen-bond acceptors (Lipinski definition) is 8. The molecular formula is C13H15N5O3S2. The molecular weight excluding hydrogens is 338 g/mol. The van der Waals surface area contributed by atoms with E-state index >= 15 is 0 Å². The topological polar surface area (TPSA) is 105 Å². The minimum atomic E-state index is -0.536. The van der Waals surface area contributed by atoms with Crippen molar-refractivity contribution in [1.29, 1.82) is 0 Å². The van der Waals surface area contributed by atoms with E-state index in [0.29, 0.717) is 15.2 Å². The molecule has 0 saturated heterocycles. The Kier molecular flexibility index (Phi) is 6.18. The Balaban J connectivity index is 1.91. The zero-order valence-corrected chi connectivity index (χ0v) is 14.1. The standard InChI is InChI=1S/C13H15N5O3S2/c1-14-11(20)16-10(19)7-22-13-18-17-12(23-13)15-8-5-3-4-6-9(8)21-2/h3-6H,7H2,1-2H3,(H,15,17)(H2,14,16,19,20). The van der Waals surface area contributed by atoms with Crippen LogP contribution in [0.15, 0.2) is 28.6 Å². The van der Waals surface area contributed by atoms with Gasteiger partial charge >= 0.3 is 6.03 Å². The summed E-state index contributed by atoms with van der Waals surface area (Å²) in [5.41, 5.74) is 0.778. The van der Waals surface area contributed by atoms with Crippen LogP contribution in [0.2, 0.25) is 0 Å². The number of thioether (sulfide) groups is 1. The normalized spacial score (nSPS) is 10.0. The largest absolute Gasteiger partial charge is 0.495 e. The first-order valence-electron chi connectivity index (χ1n) is 6.50. The van der Waals surface area contributed by atoms with E-state index in [0.717, 1.165) is 5.69 Å². The molecule has 3 amide bonds. The molecule has 0 unspecified atom stereocenters. The molecule has 8 nitrogen and oxygen atoms in total. The molecule has 0 aliphatic carbocycles. The molecule has 1 heterocycles. The molecule has 122 valence electrons. The molecule has 0 aliphatic heterocycles. The van der Waals surface area contributed by atoms with Crippen molar-refractivity contribution in [2.75, 3.05) is 25.2 Å². The molecule has 1 aromatic heterocycles. The molecule has 2 rings (SSSR count). The minimum Gasteiger partial charge on any atom is -0.495 e. The molecule has 0 atom stereocenters. The van der Waals surface area contributed by atoms with Crippen LogP contribution in [0, 0.1) is 0 Å². The monoisotopic (exact) mass is 353 g/mol. The van der Waals surface area contributed by atoms with Crippen molar-refractivity contribution in [2.45, 2.75) is 4.34 Å². The second kappa shape index (κ2) is 8.34. The van der Waals surface area contributed by atoms with Crippen molar-refractivity contribution in [3.8, 4) is 5.75 Å². The van der Waals surface area contributed by atoms with Gasteiger partial charge < -0.3 is 15.4 Å². The van der Waals surface area contributed by atoms with E-state index in [-0.39, 0.29) is 5.75 Å². The van der Waals surface area contributed by atoms with Crippen molar-refractivity contribution in [3.05, 3.63) is 24.3 Å². The average molecular weight is 353 g/mol. The van der Waals surface area contributed by atoms with Crippen LogP contribution in [0.5, 0.6) is 5.75 Å². The third-order valence-electron chi connectivity index (χ3n) is 2.56. The molecule has 23 heavy (non-hydrogen) atoms. The van der Waals surface area contributed by atoms with Crippen LogP contribution in [-0.2, 0) is 4.79 Å². The third kappa shape index (κ3) is 5.11. The van der Waals surface area contributed by atoms with Gasteiger partial charge in [0.15, 0.2) is 4.34 Å². The molecule has 10 heteroatoms. The van der Waals surface area contributed by atoms with Gasteiger partial charge in [0.05, 0.1) is 18.6 Å². The lowest BCUT2D eigenvalue weighted by Crippen LogP contribution is -2.38. The van der Waals surface area contributed by atoms with E-state index in [9.17, 15) is 9.59 Å². The number of anilines is 2. The van der Waals surface area contributed by atoms with E-state index in [1.807, 2.05) is 24.3 Å². The molecule has 0 fully saturated rings. The molecule has 1 aromatic carbocycles. The molecule has 0 aliphatic rings. The Morgan fingerprint density at radius 3 is 2.83 bits per heavy atom. The van der Waals surface area contributed by atoms with E-state index in [1.54, 1.807) is 7.11 Å². The fourth-order valence-electron chi connectivity index (χ4n) is 1.53. The molecule has 0 radical (unpaired) electrons. The highest BCUT2D eigenvalue weighted by atomic mass is 32.2. The lowest BCUT2D eigenvalue weighted by atomic mass is 10.3. The number of urea groups is 1. The molecule has 0 spiro atoms. The van der Waals surface area contributed by atoms with Crippen molar-refractivity contribution < 1.29 is 14.3 Å². The second-order valence-corrected chi connectivity index (χ2v) is 6.31. The van der Waals surface area contributed by atoms with Gasteiger partial charge in [0.25, 0.3) is 0 Å². The van der Waals surface area contributed by atoms with Crippen molar-refractivity contribution >= 4 is 45.9 Å². The van der Waals surface area contributed by atoms with Gasteiger partial charge in [-0.15, -0.1) is 10.2 Å². The van der Waals surface area contributed by atoms with Gasteiger partial charge in [-0.25, -0.2) is 4.79 Å². The fourth-order valence-corrected chi connectivity index (χ4v) is 3.10. The Hall–Kier alpha value is -2.33. The van der Waals surface area contributed by atoms with Crippen LogP contribution >= 0.6 is 23.1 Å². The summed E-state index contributed by atoms with van der Waals surface area (Å²) in [6.45, 7) is 0. The highest BCUT2D eigenvalue weighted by Crippen LogP contribution is 2.31. The number of benzene rings is 1. The summed E-state index contributed by atoms with van der Waals surface area (Å²) in [6.07, 6.45) is 0. The van der Waals surface area contributed by atoms with Crippen molar-refractivity contribution in [3.63, 3.8) is 0 Å². The first-order valence-corrected chi connectivity index (χ1v) is 8.30. The first kappa shape index (κ1) is 17.0. The quantitative estimate of drug-likeness (QED) is 0.681. The lowest BCUT2D eigenvalue weighted by Gasteiger charge is -2.07.